The van der Waals surface area contributed by atoms with Crippen LogP contribution in [0.25, 0.3) is 5.57 Å². The Kier molecular flexibility index (Phi) is 3.10. The summed E-state index contributed by atoms with van der Waals surface area (Å²) in [5.41, 5.74) is 2.98. The summed E-state index contributed by atoms with van der Waals surface area (Å²) < 4.78 is 0. The van der Waals surface area contributed by atoms with E-state index in [2.05, 4.69) is 26.9 Å². The molecule has 68 valence electrons. The van der Waals surface area contributed by atoms with E-state index in [1.165, 1.54) is 25.8 Å². The third-order valence-corrected chi connectivity index (χ3v) is 1.38. The first kappa shape index (κ1) is 9.34. The van der Waals surface area contributed by atoms with Crippen LogP contribution in [0.4, 0.5) is 0 Å². The summed E-state index contributed by atoms with van der Waals surface area (Å²) in [6.07, 6.45) is 4.39. The molecule has 0 bridgehead atoms. The molecule has 0 atom stereocenters. The lowest BCUT2D eigenvalue weighted by atomic mass is 10.1. The molecule has 0 radical (unpaired) electrons. The van der Waals surface area contributed by atoms with Crippen molar-refractivity contribution in [1.82, 2.24) is 15.4 Å². The molecule has 0 unspecified atom stereocenters. The van der Waals surface area contributed by atoms with E-state index in [9.17, 15) is 4.79 Å². The largest absolute Gasteiger partial charge is 0.277 e. The van der Waals surface area contributed by atoms with Gasteiger partial charge in [-0.05, 0) is 0 Å². The minimum atomic E-state index is -0.405. The molecule has 1 N–H and O–H groups in total. The Labute approximate surface area is 75.4 Å². The second-order valence-corrected chi connectivity index (χ2v) is 2.24. The second kappa shape index (κ2) is 4.32. The smallest absolute Gasteiger partial charge is 0.274 e. The zero-order chi connectivity index (χ0) is 9.68. The fourth-order valence-electron chi connectivity index (χ4n) is 0.740. The molecule has 1 amide bonds. The number of nitrogens with zero attached hydrogens (tertiary/aromatic N) is 2. The molecule has 0 saturated carbocycles. The number of carbonyl (C=O) groups excluding carboxylic acids is 1. The van der Waals surface area contributed by atoms with Crippen molar-refractivity contribution < 1.29 is 9.63 Å². The lowest BCUT2D eigenvalue weighted by molar-refractivity contribution is -0.125. The summed E-state index contributed by atoms with van der Waals surface area (Å²) in [5.74, 6) is -0.405. The molecule has 0 saturated heterocycles. The van der Waals surface area contributed by atoms with Gasteiger partial charge in [-0.25, -0.2) is 15.4 Å². The number of hydrogen-bond donors (Lipinski definition) is 1. The van der Waals surface area contributed by atoms with Crippen LogP contribution in [0.1, 0.15) is 5.56 Å². The summed E-state index contributed by atoms with van der Waals surface area (Å²) in [4.78, 5) is 23.1. The predicted molar refractivity (Wildman–Crippen MR) is 46.2 cm³/mol. The Bertz CT molecular complexity index is 310. The molecule has 5 heteroatoms. The first-order valence-corrected chi connectivity index (χ1v) is 3.53. The molecule has 0 aliphatic carbocycles. The average Bonchev–Trinajstić information content (AvgIpc) is 2.18. The van der Waals surface area contributed by atoms with Gasteiger partial charge in [-0.3, -0.25) is 9.63 Å². The Hall–Kier alpha value is -1.75. The van der Waals surface area contributed by atoms with Crippen LogP contribution in [0.5, 0.6) is 0 Å². The second-order valence-electron chi connectivity index (χ2n) is 2.24. The molecule has 0 aliphatic heterocycles. The number of amides is 1. The Morgan fingerprint density at radius 3 is 2.69 bits per heavy atom. The van der Waals surface area contributed by atoms with Crippen LogP contribution in [0.3, 0.4) is 0 Å². The standard InChI is InChI=1S/C8H9N3O2/c1-6(8(12)11-13-2)7-3-9-5-10-4-7/h3-5H,1H2,2H3,(H,11,12). The van der Waals surface area contributed by atoms with Crippen LogP contribution >= 0.6 is 0 Å². The highest BCUT2D eigenvalue weighted by Gasteiger charge is 2.08. The number of nitrogens with one attached hydrogen (secondary N) is 1. The lowest BCUT2D eigenvalue weighted by Gasteiger charge is -2.03. The normalized spacial score (nSPS) is 9.31. The van der Waals surface area contributed by atoms with Gasteiger partial charge in [0.05, 0.1) is 7.11 Å². The molecule has 0 aromatic carbocycles. The van der Waals surface area contributed by atoms with Crippen LogP contribution in [-0.4, -0.2) is 23.0 Å². The van der Waals surface area contributed by atoms with E-state index in [1.54, 1.807) is 0 Å². The van der Waals surface area contributed by atoms with Crippen LogP contribution in [0.2, 0.25) is 0 Å². The molecule has 0 spiro atoms. The fourth-order valence-corrected chi connectivity index (χ4v) is 0.740. The number of hydroxylamine groups is 1. The topological polar surface area (TPSA) is 64.1 Å². The van der Waals surface area contributed by atoms with Crippen molar-refractivity contribution in [3.8, 4) is 0 Å². The van der Waals surface area contributed by atoms with Crippen LogP contribution in [-0.2, 0) is 9.63 Å². The van der Waals surface area contributed by atoms with Crippen molar-refractivity contribution in [3.63, 3.8) is 0 Å². The summed E-state index contributed by atoms with van der Waals surface area (Å²) in [6.45, 7) is 3.57. The van der Waals surface area contributed by atoms with Gasteiger partial charge in [-0.2, -0.15) is 0 Å². The molecule has 13 heavy (non-hydrogen) atoms. The first-order chi connectivity index (χ1) is 6.25. The molecule has 1 heterocycles. The molecular weight excluding hydrogens is 170 g/mol. The third kappa shape index (κ3) is 2.34. The van der Waals surface area contributed by atoms with Crippen molar-refractivity contribution >= 4 is 11.5 Å². The average molecular weight is 179 g/mol. The van der Waals surface area contributed by atoms with Gasteiger partial charge in [0.1, 0.15) is 6.33 Å². The zero-order valence-electron chi connectivity index (χ0n) is 7.15. The van der Waals surface area contributed by atoms with Crippen molar-refractivity contribution in [3.05, 3.63) is 30.9 Å². The highest BCUT2D eigenvalue weighted by atomic mass is 16.6. The van der Waals surface area contributed by atoms with Gasteiger partial charge in [-0.1, -0.05) is 6.58 Å². The number of hydrogen-bond acceptors (Lipinski definition) is 4. The third-order valence-electron chi connectivity index (χ3n) is 1.38. The van der Waals surface area contributed by atoms with Crippen LogP contribution in [0.15, 0.2) is 25.3 Å². The maximum Gasteiger partial charge on any atom is 0.274 e. The van der Waals surface area contributed by atoms with Gasteiger partial charge >= 0.3 is 0 Å². The SMILES string of the molecule is C=C(C(=O)NOC)c1cncnc1. The van der Waals surface area contributed by atoms with Crippen molar-refractivity contribution in [2.24, 2.45) is 0 Å². The summed E-state index contributed by atoms with van der Waals surface area (Å²) in [7, 11) is 1.35. The van der Waals surface area contributed by atoms with Gasteiger partial charge in [0.2, 0.25) is 0 Å². The summed E-state index contributed by atoms with van der Waals surface area (Å²) >= 11 is 0. The molecule has 0 aliphatic rings. The lowest BCUT2D eigenvalue weighted by Crippen LogP contribution is -2.22. The Morgan fingerprint density at radius 2 is 2.15 bits per heavy atom. The van der Waals surface area contributed by atoms with E-state index in [4.69, 9.17) is 0 Å². The quantitative estimate of drug-likeness (QED) is 0.530. The molecule has 1 aromatic rings. The first-order valence-electron chi connectivity index (χ1n) is 3.53. The predicted octanol–water partition coefficient (Wildman–Crippen LogP) is 0.167. The van der Waals surface area contributed by atoms with Gasteiger partial charge in [0.15, 0.2) is 0 Å². The van der Waals surface area contributed by atoms with E-state index in [0.717, 1.165) is 0 Å². The van der Waals surface area contributed by atoms with Crippen LogP contribution < -0.4 is 5.48 Å². The minimum absolute atomic E-state index is 0.266. The van der Waals surface area contributed by atoms with Gasteiger partial charge < -0.3 is 0 Å². The highest BCUT2D eigenvalue weighted by Crippen LogP contribution is 2.08. The van der Waals surface area contributed by atoms with E-state index in [0.29, 0.717) is 5.56 Å². The van der Waals surface area contributed by atoms with Crippen LogP contribution in [0, 0.1) is 0 Å². The number of carbonyl (C=O) groups is 1. The summed E-state index contributed by atoms with van der Waals surface area (Å²) in [5, 5.41) is 0. The molecular formula is C8H9N3O2. The Balaban J connectivity index is 2.74. The van der Waals surface area contributed by atoms with Gasteiger partial charge in [-0.15, -0.1) is 0 Å². The fraction of sp³-hybridized carbons (Fsp3) is 0.125. The van der Waals surface area contributed by atoms with Gasteiger partial charge in [0, 0.05) is 23.5 Å². The maximum atomic E-state index is 11.2. The van der Waals surface area contributed by atoms with Crippen molar-refractivity contribution in [2.75, 3.05) is 7.11 Å². The van der Waals surface area contributed by atoms with E-state index < -0.39 is 5.91 Å². The number of aromatic nitrogens is 2. The van der Waals surface area contributed by atoms with E-state index in [1.807, 2.05) is 0 Å². The minimum Gasteiger partial charge on any atom is -0.277 e. The Morgan fingerprint density at radius 1 is 1.54 bits per heavy atom. The number of rotatable bonds is 3. The van der Waals surface area contributed by atoms with Crippen molar-refractivity contribution in [1.29, 1.82) is 0 Å². The molecule has 1 rings (SSSR count). The highest BCUT2D eigenvalue weighted by molar-refractivity contribution is 6.18. The summed E-state index contributed by atoms with van der Waals surface area (Å²) in [6, 6.07) is 0. The zero-order valence-corrected chi connectivity index (χ0v) is 7.15. The monoisotopic (exact) mass is 179 g/mol. The van der Waals surface area contributed by atoms with E-state index in [-0.39, 0.29) is 5.57 Å². The molecule has 0 fully saturated rings. The van der Waals surface area contributed by atoms with Gasteiger partial charge in [0.25, 0.3) is 5.91 Å². The van der Waals surface area contributed by atoms with Crippen molar-refractivity contribution in [2.45, 2.75) is 0 Å². The molecule has 5 nitrogen and oxygen atoms in total. The molecule has 1 aromatic heterocycles. The maximum absolute atomic E-state index is 11.2. The van der Waals surface area contributed by atoms with E-state index >= 15 is 0 Å².